The first-order chi connectivity index (χ1) is 12.9. The minimum absolute atomic E-state index is 0.0195. The van der Waals surface area contributed by atoms with E-state index in [1.54, 1.807) is 30.3 Å². The van der Waals surface area contributed by atoms with Crippen LogP contribution in [0.1, 0.15) is 15.2 Å². The van der Waals surface area contributed by atoms with Crippen LogP contribution in [0.25, 0.3) is 10.1 Å². The molecule has 3 rings (SSSR count). The lowest BCUT2D eigenvalue weighted by Gasteiger charge is -2.10. The van der Waals surface area contributed by atoms with Gasteiger partial charge in [0.05, 0.1) is 17.8 Å². The smallest absolute Gasteiger partial charge is 0.350 e. The van der Waals surface area contributed by atoms with Crippen molar-refractivity contribution in [3.63, 3.8) is 0 Å². The van der Waals surface area contributed by atoms with E-state index in [9.17, 15) is 14.0 Å². The molecule has 0 radical (unpaired) electrons. The third kappa shape index (κ3) is 4.23. The van der Waals surface area contributed by atoms with Crippen LogP contribution in [-0.2, 0) is 11.3 Å². The number of halogens is 3. The molecule has 0 aliphatic rings. The first-order valence-electron chi connectivity index (χ1n) is 7.68. The number of rotatable bonds is 4. The molecule has 0 aliphatic heterocycles. The third-order valence-electron chi connectivity index (χ3n) is 3.73. The van der Waals surface area contributed by atoms with E-state index < -0.39 is 17.8 Å². The van der Waals surface area contributed by atoms with Gasteiger partial charge in [-0.2, -0.15) is 0 Å². The number of ether oxygens (including phenoxy) is 1. The van der Waals surface area contributed by atoms with E-state index in [4.69, 9.17) is 16.3 Å². The molecular weight excluding hydrogens is 459 g/mol. The molecule has 3 aromatic rings. The van der Waals surface area contributed by atoms with Gasteiger partial charge in [0.15, 0.2) is 0 Å². The Kier molecular flexibility index (Phi) is 5.98. The van der Waals surface area contributed by atoms with Gasteiger partial charge in [-0.25, -0.2) is 14.0 Å². The van der Waals surface area contributed by atoms with E-state index in [-0.39, 0.29) is 17.1 Å². The highest BCUT2D eigenvalue weighted by atomic mass is 79.9. The predicted molar refractivity (Wildman–Crippen MR) is 108 cm³/mol. The first kappa shape index (κ1) is 19.6. The number of methoxy groups -OCH3 is 1. The van der Waals surface area contributed by atoms with Crippen LogP contribution in [0, 0.1) is 5.82 Å². The van der Waals surface area contributed by atoms with Gasteiger partial charge in [-0.05, 0) is 24.3 Å². The molecule has 5 nitrogen and oxygen atoms in total. The van der Waals surface area contributed by atoms with Crippen molar-refractivity contribution in [3.05, 3.63) is 62.2 Å². The Morgan fingerprint density at radius 2 is 2.07 bits per heavy atom. The summed E-state index contributed by atoms with van der Waals surface area (Å²) in [5.41, 5.74) is 0.593. The highest BCUT2D eigenvalue weighted by Crippen LogP contribution is 2.40. The highest BCUT2D eigenvalue weighted by Gasteiger charge is 2.22. The van der Waals surface area contributed by atoms with Crippen LogP contribution in [0.4, 0.5) is 14.9 Å². The van der Waals surface area contributed by atoms with Crippen LogP contribution in [0.3, 0.4) is 0 Å². The number of fused-ring (bicyclic) bond motifs is 1. The van der Waals surface area contributed by atoms with Crippen molar-refractivity contribution in [1.29, 1.82) is 0 Å². The summed E-state index contributed by atoms with van der Waals surface area (Å²) in [5, 5.41) is 6.15. The van der Waals surface area contributed by atoms with Crippen LogP contribution in [0.15, 0.2) is 40.9 Å². The molecule has 27 heavy (non-hydrogen) atoms. The zero-order valence-electron chi connectivity index (χ0n) is 13.9. The van der Waals surface area contributed by atoms with Crippen molar-refractivity contribution in [2.24, 2.45) is 0 Å². The predicted octanol–water partition coefficient (Wildman–Crippen LogP) is 5.56. The highest BCUT2D eigenvalue weighted by molar-refractivity contribution is 9.10. The van der Waals surface area contributed by atoms with Gasteiger partial charge in [0.1, 0.15) is 10.7 Å². The topological polar surface area (TPSA) is 67.4 Å². The average Bonchev–Trinajstić information content (AvgIpc) is 3.00. The fourth-order valence-corrected chi connectivity index (χ4v) is 4.22. The van der Waals surface area contributed by atoms with E-state index in [1.165, 1.54) is 13.2 Å². The molecule has 0 bridgehead atoms. The Morgan fingerprint density at radius 1 is 1.30 bits per heavy atom. The number of hydrogen-bond acceptors (Lipinski definition) is 4. The summed E-state index contributed by atoms with van der Waals surface area (Å²) < 4.78 is 20.0. The quantitative estimate of drug-likeness (QED) is 0.489. The van der Waals surface area contributed by atoms with E-state index in [2.05, 4.69) is 26.6 Å². The maximum Gasteiger partial charge on any atom is 0.350 e. The molecule has 140 valence electrons. The van der Waals surface area contributed by atoms with E-state index >= 15 is 0 Å². The molecule has 0 spiro atoms. The molecule has 9 heteroatoms. The molecule has 2 amide bonds. The zero-order valence-corrected chi connectivity index (χ0v) is 17.1. The number of esters is 1. The van der Waals surface area contributed by atoms with Crippen molar-refractivity contribution >= 4 is 66.6 Å². The van der Waals surface area contributed by atoms with Crippen molar-refractivity contribution in [2.75, 3.05) is 12.4 Å². The lowest BCUT2D eigenvalue weighted by atomic mass is 10.2. The lowest BCUT2D eigenvalue weighted by Crippen LogP contribution is -2.29. The minimum atomic E-state index is -0.595. The van der Waals surface area contributed by atoms with Crippen LogP contribution < -0.4 is 10.6 Å². The maximum absolute atomic E-state index is 13.9. The summed E-state index contributed by atoms with van der Waals surface area (Å²) in [6, 6.07) is 9.17. The molecular formula is C18H13BrClFN2O3S. The van der Waals surface area contributed by atoms with Gasteiger partial charge in [-0.15, -0.1) is 11.3 Å². The summed E-state index contributed by atoms with van der Waals surface area (Å²) in [6.07, 6.45) is 0. The third-order valence-corrected chi connectivity index (χ3v) is 5.67. The van der Waals surface area contributed by atoms with Crippen LogP contribution >= 0.6 is 38.9 Å². The number of amides is 2. The van der Waals surface area contributed by atoms with Gasteiger partial charge in [0.2, 0.25) is 0 Å². The molecule has 2 N–H and O–H groups in total. The fourth-order valence-electron chi connectivity index (χ4n) is 2.46. The standard InChI is InChI=1S/C18H13BrClFN2O3S/c1-26-17(24)16-15(14-11(20)3-2-4-13(14)27-16)23-18(25)22-8-9-5-6-10(19)7-12(9)21/h2-7H,8H2,1H3,(H2,22,23,25). The Balaban J connectivity index is 1.84. The van der Waals surface area contributed by atoms with Crippen molar-refractivity contribution in [2.45, 2.75) is 6.54 Å². The van der Waals surface area contributed by atoms with Gasteiger partial charge in [0, 0.05) is 26.7 Å². The lowest BCUT2D eigenvalue weighted by molar-refractivity contribution is 0.0607. The van der Waals surface area contributed by atoms with Gasteiger partial charge in [0.25, 0.3) is 0 Å². The molecule has 0 fully saturated rings. The number of hydrogen-bond donors (Lipinski definition) is 2. The Labute approximate surface area is 171 Å². The van der Waals surface area contributed by atoms with Crippen LogP contribution in [0.2, 0.25) is 5.02 Å². The number of carbonyl (C=O) groups is 2. The van der Waals surface area contributed by atoms with Gasteiger partial charge in [-0.3, -0.25) is 0 Å². The van der Waals surface area contributed by atoms with E-state index in [0.717, 1.165) is 16.0 Å². The number of benzene rings is 2. The van der Waals surface area contributed by atoms with Crippen molar-refractivity contribution in [1.82, 2.24) is 5.32 Å². The second-order valence-electron chi connectivity index (χ2n) is 5.45. The molecule has 1 aromatic heterocycles. The Bertz CT molecular complexity index is 1040. The number of nitrogens with one attached hydrogen (secondary N) is 2. The summed E-state index contributed by atoms with van der Waals surface area (Å²) in [6.45, 7) is -0.0195. The molecule has 0 atom stereocenters. The summed E-state index contributed by atoms with van der Waals surface area (Å²) in [5.74, 6) is -1.02. The molecule has 0 saturated carbocycles. The number of carbonyl (C=O) groups excluding carboxylic acids is 2. The maximum atomic E-state index is 13.9. The van der Waals surface area contributed by atoms with Crippen molar-refractivity contribution in [3.8, 4) is 0 Å². The number of anilines is 1. The Hall–Kier alpha value is -2.16. The summed E-state index contributed by atoms with van der Waals surface area (Å²) in [7, 11) is 1.26. The van der Waals surface area contributed by atoms with E-state index in [0.29, 0.717) is 20.4 Å². The SMILES string of the molecule is COC(=O)c1sc2cccc(Cl)c2c1NC(=O)NCc1ccc(Br)cc1F. The van der Waals surface area contributed by atoms with Crippen molar-refractivity contribution < 1.29 is 18.7 Å². The Morgan fingerprint density at radius 3 is 2.78 bits per heavy atom. The monoisotopic (exact) mass is 470 g/mol. The van der Waals surface area contributed by atoms with E-state index in [1.807, 2.05) is 0 Å². The largest absolute Gasteiger partial charge is 0.465 e. The minimum Gasteiger partial charge on any atom is -0.465 e. The summed E-state index contributed by atoms with van der Waals surface area (Å²) in [4.78, 5) is 24.6. The second-order valence-corrected chi connectivity index (χ2v) is 7.83. The van der Waals surface area contributed by atoms with Gasteiger partial charge >= 0.3 is 12.0 Å². The fraction of sp³-hybridized carbons (Fsp3) is 0.111. The molecule has 2 aromatic carbocycles. The molecule has 0 aliphatic carbocycles. The zero-order chi connectivity index (χ0) is 19.6. The number of thiophene rings is 1. The second kappa shape index (κ2) is 8.24. The molecule has 0 unspecified atom stereocenters. The molecule has 0 saturated heterocycles. The summed E-state index contributed by atoms with van der Waals surface area (Å²) >= 11 is 10.6. The first-order valence-corrected chi connectivity index (χ1v) is 9.67. The van der Waals surface area contributed by atoms with Crippen LogP contribution in [-0.4, -0.2) is 19.1 Å². The normalized spacial score (nSPS) is 10.7. The van der Waals surface area contributed by atoms with Crippen LogP contribution in [0.5, 0.6) is 0 Å². The van der Waals surface area contributed by atoms with Gasteiger partial charge < -0.3 is 15.4 Å². The average molecular weight is 472 g/mol. The number of urea groups is 1. The van der Waals surface area contributed by atoms with Gasteiger partial charge in [-0.1, -0.05) is 39.7 Å². The molecule has 1 heterocycles.